The maximum atomic E-state index is 14.0. The Morgan fingerprint density at radius 1 is 1.10 bits per heavy atom. The third-order valence-corrected chi connectivity index (χ3v) is 7.43. The number of aromatic nitrogens is 3. The maximum absolute atomic E-state index is 14.0. The van der Waals surface area contributed by atoms with Gasteiger partial charge in [0, 0.05) is 50.2 Å². The zero-order valence-electron chi connectivity index (χ0n) is 21.8. The van der Waals surface area contributed by atoms with Crippen LogP contribution in [0.15, 0.2) is 42.6 Å². The number of hydrogen-bond donors (Lipinski definition) is 1. The highest BCUT2D eigenvalue weighted by Gasteiger charge is 2.30. The molecule has 0 spiro atoms. The lowest BCUT2D eigenvalue weighted by Gasteiger charge is -2.36. The van der Waals surface area contributed by atoms with Gasteiger partial charge in [0.05, 0.1) is 41.2 Å². The van der Waals surface area contributed by atoms with Crippen LogP contribution in [0.5, 0.6) is 0 Å². The molecule has 0 aromatic carbocycles. The first kappa shape index (κ1) is 27.6. The highest BCUT2D eigenvalue weighted by molar-refractivity contribution is 7.97. The average molecular weight is 561 g/mol. The maximum Gasteiger partial charge on any atom is 0.298 e. The normalized spacial score (nSPS) is 24.3. The fourth-order valence-corrected chi connectivity index (χ4v) is 5.89. The summed E-state index contributed by atoms with van der Waals surface area (Å²) in [4.78, 5) is 28.9. The zero-order valence-corrected chi connectivity index (χ0v) is 22.6. The SMILES string of the molecule is CC1CN(c2cccc(-c3ccc4cnc(CC(=O)NC5CC(F)CN(SC(F)F)C5)cc4n3)n2)CC(C)O1. The quantitative estimate of drug-likeness (QED) is 0.430. The largest absolute Gasteiger partial charge is 0.372 e. The second-order valence-corrected chi connectivity index (χ2v) is 11.2. The molecule has 4 unspecified atom stereocenters. The average Bonchev–Trinajstić information content (AvgIpc) is 2.87. The lowest BCUT2D eigenvalue weighted by atomic mass is 10.1. The number of halogens is 3. The monoisotopic (exact) mass is 560 g/mol. The smallest absolute Gasteiger partial charge is 0.298 e. The standard InChI is InChI=1S/C27H31F3N6O2S/c1-16-12-35(13-17(2)38-16)25-5-3-4-22(34-25)23-7-6-18-11-31-20(9-24(18)33-23)10-26(37)32-21-8-19(28)14-36(15-21)39-27(29)30/h3-7,9,11,16-17,19,21,27H,8,10,12-15H2,1-2H3,(H,32,37). The van der Waals surface area contributed by atoms with Gasteiger partial charge < -0.3 is 15.0 Å². The molecule has 2 aliphatic rings. The summed E-state index contributed by atoms with van der Waals surface area (Å²) in [6, 6.07) is 10.9. The van der Waals surface area contributed by atoms with E-state index in [0.717, 1.165) is 30.0 Å². The fourth-order valence-electron chi connectivity index (χ4n) is 5.15. The molecule has 8 nitrogen and oxygen atoms in total. The molecule has 4 atom stereocenters. The van der Waals surface area contributed by atoms with E-state index in [9.17, 15) is 18.0 Å². The topological polar surface area (TPSA) is 83.5 Å². The van der Waals surface area contributed by atoms with Crippen molar-refractivity contribution in [2.75, 3.05) is 31.1 Å². The van der Waals surface area contributed by atoms with Gasteiger partial charge in [-0.15, -0.1) is 0 Å². The number of piperidine rings is 1. The van der Waals surface area contributed by atoms with Crippen LogP contribution in [0.3, 0.4) is 0 Å². The summed E-state index contributed by atoms with van der Waals surface area (Å²) >= 11 is 0.298. The molecule has 5 heterocycles. The van der Waals surface area contributed by atoms with Gasteiger partial charge in [0.1, 0.15) is 12.0 Å². The van der Waals surface area contributed by atoms with Crippen molar-refractivity contribution in [1.82, 2.24) is 24.6 Å². The Balaban J connectivity index is 1.28. The minimum absolute atomic E-state index is 0.0293. The number of nitrogens with zero attached hydrogens (tertiary/aromatic N) is 5. The van der Waals surface area contributed by atoms with Gasteiger partial charge in [-0.05, 0) is 56.1 Å². The first-order valence-corrected chi connectivity index (χ1v) is 13.8. The van der Waals surface area contributed by atoms with Crippen LogP contribution in [0, 0.1) is 0 Å². The van der Waals surface area contributed by atoms with Gasteiger partial charge in [0.15, 0.2) is 0 Å². The Labute approximate surface area is 229 Å². The molecular formula is C27H31F3N6O2S. The van der Waals surface area contributed by atoms with E-state index in [0.29, 0.717) is 28.9 Å². The Morgan fingerprint density at radius 3 is 2.64 bits per heavy atom. The van der Waals surface area contributed by atoms with Crippen LogP contribution in [-0.2, 0) is 16.0 Å². The second kappa shape index (κ2) is 12.1. The summed E-state index contributed by atoms with van der Waals surface area (Å²) in [5, 5.41) is 3.59. The summed E-state index contributed by atoms with van der Waals surface area (Å²) in [7, 11) is 0. The fraction of sp³-hybridized carbons (Fsp3) is 0.481. The van der Waals surface area contributed by atoms with Crippen LogP contribution in [0.4, 0.5) is 19.0 Å². The van der Waals surface area contributed by atoms with Gasteiger partial charge in [0.2, 0.25) is 5.91 Å². The van der Waals surface area contributed by atoms with Crippen molar-refractivity contribution in [3.05, 3.63) is 48.3 Å². The minimum Gasteiger partial charge on any atom is -0.372 e. The zero-order chi connectivity index (χ0) is 27.5. The molecule has 1 amide bonds. The van der Waals surface area contributed by atoms with Crippen molar-refractivity contribution >= 4 is 34.6 Å². The predicted octanol–water partition coefficient (Wildman–Crippen LogP) is 4.25. The van der Waals surface area contributed by atoms with Crippen LogP contribution >= 0.6 is 11.9 Å². The summed E-state index contributed by atoms with van der Waals surface area (Å²) in [5.41, 5.74) is 2.62. The molecule has 39 heavy (non-hydrogen) atoms. The number of morpholine rings is 1. The van der Waals surface area contributed by atoms with Crippen molar-refractivity contribution < 1.29 is 22.7 Å². The van der Waals surface area contributed by atoms with E-state index in [2.05, 4.69) is 29.0 Å². The van der Waals surface area contributed by atoms with E-state index in [4.69, 9.17) is 14.7 Å². The number of fused-ring (bicyclic) bond motifs is 1. The molecule has 2 saturated heterocycles. The van der Waals surface area contributed by atoms with Crippen molar-refractivity contribution in [1.29, 1.82) is 0 Å². The van der Waals surface area contributed by atoms with Gasteiger partial charge in [-0.2, -0.15) is 8.78 Å². The van der Waals surface area contributed by atoms with E-state index >= 15 is 0 Å². The van der Waals surface area contributed by atoms with Crippen LogP contribution in [0.2, 0.25) is 0 Å². The van der Waals surface area contributed by atoms with E-state index < -0.39 is 18.0 Å². The highest BCUT2D eigenvalue weighted by atomic mass is 32.2. The number of pyridine rings is 3. The summed E-state index contributed by atoms with van der Waals surface area (Å²) < 4.78 is 46.6. The highest BCUT2D eigenvalue weighted by Crippen LogP contribution is 2.26. The second-order valence-electron chi connectivity index (χ2n) is 10.1. The van der Waals surface area contributed by atoms with Gasteiger partial charge in [-0.3, -0.25) is 9.78 Å². The van der Waals surface area contributed by atoms with Gasteiger partial charge >= 0.3 is 0 Å². The number of anilines is 1. The Kier molecular flexibility index (Phi) is 8.53. The summed E-state index contributed by atoms with van der Waals surface area (Å²) in [5.74, 6) is -2.11. The van der Waals surface area contributed by atoms with Crippen LogP contribution < -0.4 is 10.2 Å². The van der Waals surface area contributed by atoms with Crippen molar-refractivity contribution in [3.8, 4) is 11.4 Å². The van der Waals surface area contributed by atoms with Crippen molar-refractivity contribution in [2.24, 2.45) is 0 Å². The first-order chi connectivity index (χ1) is 18.7. The van der Waals surface area contributed by atoms with Crippen LogP contribution in [0.1, 0.15) is 26.0 Å². The Morgan fingerprint density at radius 2 is 1.87 bits per heavy atom. The molecular weight excluding hydrogens is 529 g/mol. The molecule has 0 saturated carbocycles. The van der Waals surface area contributed by atoms with E-state index in [1.165, 1.54) is 4.31 Å². The van der Waals surface area contributed by atoms with Gasteiger partial charge in [-0.1, -0.05) is 6.07 Å². The lowest BCUT2D eigenvalue weighted by Crippen LogP contribution is -2.50. The molecule has 208 valence electrons. The molecule has 0 bridgehead atoms. The number of amides is 1. The summed E-state index contributed by atoms with van der Waals surface area (Å²) in [6.07, 6.45) is 0.684. The third-order valence-electron chi connectivity index (χ3n) is 6.67. The Hall–Kier alpha value is -2.96. The van der Waals surface area contributed by atoms with Gasteiger partial charge in [-0.25, -0.2) is 18.7 Å². The molecule has 3 aromatic heterocycles. The number of hydrogen-bond acceptors (Lipinski definition) is 8. The number of rotatable bonds is 7. The number of ether oxygens (including phenoxy) is 1. The van der Waals surface area contributed by atoms with Crippen molar-refractivity contribution in [2.45, 2.75) is 56.9 Å². The lowest BCUT2D eigenvalue weighted by molar-refractivity contribution is -0.121. The van der Waals surface area contributed by atoms with Crippen molar-refractivity contribution in [3.63, 3.8) is 0 Å². The van der Waals surface area contributed by atoms with E-state index in [1.54, 1.807) is 12.3 Å². The molecule has 0 aliphatic carbocycles. The van der Waals surface area contributed by atoms with E-state index in [1.807, 2.05) is 30.3 Å². The number of carbonyl (C=O) groups is 1. The van der Waals surface area contributed by atoms with Crippen LogP contribution in [0.25, 0.3) is 22.3 Å². The molecule has 3 aromatic rings. The molecule has 2 fully saturated rings. The number of alkyl halides is 3. The van der Waals surface area contributed by atoms with E-state index in [-0.39, 0.29) is 44.0 Å². The number of nitrogens with one attached hydrogen (secondary N) is 1. The van der Waals surface area contributed by atoms with Crippen LogP contribution in [-0.4, -0.2) is 81.5 Å². The summed E-state index contributed by atoms with van der Waals surface area (Å²) in [6.45, 7) is 5.71. The predicted molar refractivity (Wildman–Crippen MR) is 145 cm³/mol. The first-order valence-electron chi connectivity index (χ1n) is 13.0. The third kappa shape index (κ3) is 7.17. The molecule has 1 N–H and O–H groups in total. The van der Waals surface area contributed by atoms with Gasteiger partial charge in [0.25, 0.3) is 5.76 Å². The number of carbonyl (C=O) groups excluding carboxylic acids is 1. The molecule has 5 rings (SSSR count). The Bertz CT molecular complexity index is 1310. The molecule has 0 radical (unpaired) electrons. The minimum atomic E-state index is -2.63. The molecule has 12 heteroatoms. The molecule has 2 aliphatic heterocycles.